The lowest BCUT2D eigenvalue weighted by Gasteiger charge is -2.17. The Morgan fingerprint density at radius 1 is 0.364 bits per heavy atom. The first-order valence-corrected chi connectivity index (χ1v) is 15.3. The molecule has 0 aliphatic heterocycles. The van der Waals surface area contributed by atoms with Gasteiger partial charge in [0.2, 0.25) is 0 Å². The summed E-state index contributed by atoms with van der Waals surface area (Å²) in [5.74, 6) is 0. The molecule has 44 heavy (non-hydrogen) atoms. The fraction of sp³-hybridized carbons (Fsp3) is 0.0476. The van der Waals surface area contributed by atoms with Crippen molar-refractivity contribution in [1.29, 1.82) is 0 Å². The van der Waals surface area contributed by atoms with Crippen molar-refractivity contribution < 1.29 is 8.83 Å². The number of furan rings is 2. The smallest absolute Gasteiger partial charge is 0.136 e. The molecule has 7 aromatic carbocycles. The third-order valence-corrected chi connectivity index (χ3v) is 9.43. The maximum absolute atomic E-state index is 6.47. The topological polar surface area (TPSA) is 26.3 Å². The van der Waals surface area contributed by atoms with Gasteiger partial charge in [0.05, 0.1) is 0 Å². The molecule has 2 heterocycles. The lowest BCUT2D eigenvalue weighted by Crippen LogP contribution is -2.31. The molecule has 0 amide bonds. The lowest BCUT2D eigenvalue weighted by atomic mass is 9.86. The zero-order valence-corrected chi connectivity index (χ0v) is 23.9. The largest absolute Gasteiger partial charge is 0.456 e. The molecule has 206 valence electrons. The van der Waals surface area contributed by atoms with Crippen LogP contribution in [0.15, 0.2) is 130 Å². The summed E-state index contributed by atoms with van der Waals surface area (Å²) >= 11 is 0. The SMILES string of the molecule is C1=c2c(-c3ccccc3)c3ccccc3c(-c3ccc4oc5cc6cc7c(cc6cc5c4c3)oc3ccccc37)c2=CCC1. The van der Waals surface area contributed by atoms with Gasteiger partial charge in [0.25, 0.3) is 0 Å². The first-order valence-electron chi connectivity index (χ1n) is 15.3. The van der Waals surface area contributed by atoms with Crippen molar-refractivity contribution in [3.05, 3.63) is 132 Å². The molecule has 0 fully saturated rings. The molecule has 2 nitrogen and oxygen atoms in total. The molecule has 0 unspecified atom stereocenters. The average molecular weight is 563 g/mol. The van der Waals surface area contributed by atoms with Crippen molar-refractivity contribution in [2.75, 3.05) is 0 Å². The highest BCUT2D eigenvalue weighted by molar-refractivity contribution is 6.16. The van der Waals surface area contributed by atoms with E-state index in [1.54, 1.807) is 0 Å². The summed E-state index contributed by atoms with van der Waals surface area (Å²) in [6, 6.07) is 43.5. The molecule has 0 radical (unpaired) electrons. The summed E-state index contributed by atoms with van der Waals surface area (Å²) < 4.78 is 12.7. The van der Waals surface area contributed by atoms with Gasteiger partial charge in [-0.25, -0.2) is 0 Å². The van der Waals surface area contributed by atoms with E-state index in [-0.39, 0.29) is 0 Å². The van der Waals surface area contributed by atoms with Gasteiger partial charge in [0.1, 0.15) is 22.3 Å². The number of hydrogen-bond donors (Lipinski definition) is 0. The summed E-state index contributed by atoms with van der Waals surface area (Å²) in [6.07, 6.45) is 6.98. The van der Waals surface area contributed by atoms with Crippen LogP contribution in [0.5, 0.6) is 0 Å². The highest BCUT2D eigenvalue weighted by atomic mass is 16.3. The molecule has 9 aromatic rings. The number of benzene rings is 7. The first-order chi connectivity index (χ1) is 21.8. The van der Waals surface area contributed by atoms with Crippen LogP contribution in [0.2, 0.25) is 0 Å². The Kier molecular flexibility index (Phi) is 4.86. The quantitative estimate of drug-likeness (QED) is 0.209. The van der Waals surface area contributed by atoms with Crippen molar-refractivity contribution in [3.63, 3.8) is 0 Å². The standard InChI is InChI=1S/C42H26O2/c1-2-10-25(11-3-1)41-30-13-4-6-15-32(30)42(33-16-7-5-14-31(33)41)26-18-19-38-35(20-26)36-22-28-23-39-34(21-27(28)24-40(36)44-38)29-12-8-9-17-37(29)43-39/h1-4,6,8-24H,5,7H2. The fourth-order valence-corrected chi connectivity index (χ4v) is 7.48. The van der Waals surface area contributed by atoms with E-state index in [4.69, 9.17) is 8.83 Å². The van der Waals surface area contributed by atoms with Crippen LogP contribution >= 0.6 is 0 Å². The Balaban J connectivity index is 1.25. The molecule has 0 saturated carbocycles. The third-order valence-electron chi connectivity index (χ3n) is 9.43. The zero-order valence-electron chi connectivity index (χ0n) is 23.9. The monoisotopic (exact) mass is 562 g/mol. The molecule has 0 spiro atoms. The van der Waals surface area contributed by atoms with Crippen LogP contribution in [0, 0.1) is 0 Å². The van der Waals surface area contributed by atoms with E-state index in [9.17, 15) is 0 Å². The van der Waals surface area contributed by atoms with Gasteiger partial charge in [0, 0.05) is 21.5 Å². The van der Waals surface area contributed by atoms with Gasteiger partial charge in [-0.3, -0.25) is 0 Å². The van der Waals surface area contributed by atoms with Crippen molar-refractivity contribution in [2.45, 2.75) is 12.8 Å². The Morgan fingerprint density at radius 2 is 0.886 bits per heavy atom. The molecular weight excluding hydrogens is 536 g/mol. The molecule has 1 aliphatic rings. The molecule has 0 atom stereocenters. The van der Waals surface area contributed by atoms with Crippen molar-refractivity contribution in [3.8, 4) is 22.3 Å². The Morgan fingerprint density at radius 3 is 1.57 bits per heavy atom. The van der Waals surface area contributed by atoms with Crippen molar-refractivity contribution >= 4 is 77.6 Å². The minimum atomic E-state index is 0.905. The Hall–Kier alpha value is -5.60. The van der Waals surface area contributed by atoms with Gasteiger partial charge < -0.3 is 8.83 Å². The maximum Gasteiger partial charge on any atom is 0.136 e. The minimum Gasteiger partial charge on any atom is -0.456 e. The minimum absolute atomic E-state index is 0.905. The second-order valence-corrected chi connectivity index (χ2v) is 11.9. The number of hydrogen-bond acceptors (Lipinski definition) is 2. The van der Waals surface area contributed by atoms with E-state index in [2.05, 4.69) is 121 Å². The van der Waals surface area contributed by atoms with E-state index < -0.39 is 0 Å². The van der Waals surface area contributed by atoms with Crippen LogP contribution in [0.4, 0.5) is 0 Å². The normalized spacial score (nSPS) is 13.2. The predicted molar refractivity (Wildman–Crippen MR) is 184 cm³/mol. The highest BCUT2D eigenvalue weighted by Gasteiger charge is 2.18. The summed E-state index contributed by atoms with van der Waals surface area (Å²) in [6.45, 7) is 0. The van der Waals surface area contributed by atoms with Crippen LogP contribution in [-0.2, 0) is 0 Å². The molecular formula is C42H26O2. The van der Waals surface area contributed by atoms with E-state index in [0.29, 0.717) is 0 Å². The molecule has 10 rings (SSSR count). The van der Waals surface area contributed by atoms with Gasteiger partial charge in [-0.1, -0.05) is 91.0 Å². The van der Waals surface area contributed by atoms with Gasteiger partial charge >= 0.3 is 0 Å². The summed E-state index contributed by atoms with van der Waals surface area (Å²) in [4.78, 5) is 0. The van der Waals surface area contributed by atoms with Crippen molar-refractivity contribution in [2.24, 2.45) is 0 Å². The molecule has 1 aliphatic carbocycles. The van der Waals surface area contributed by atoms with E-state index >= 15 is 0 Å². The molecule has 0 saturated heterocycles. The number of para-hydroxylation sites is 1. The van der Waals surface area contributed by atoms with Gasteiger partial charge in [0.15, 0.2) is 0 Å². The van der Waals surface area contributed by atoms with Gasteiger partial charge in [-0.15, -0.1) is 0 Å². The molecule has 0 bridgehead atoms. The predicted octanol–water partition coefficient (Wildman–Crippen LogP) is 10.5. The van der Waals surface area contributed by atoms with E-state index in [1.807, 2.05) is 12.1 Å². The zero-order chi connectivity index (χ0) is 28.8. The summed E-state index contributed by atoms with van der Waals surface area (Å²) in [7, 11) is 0. The van der Waals surface area contributed by atoms with Crippen molar-refractivity contribution in [1.82, 2.24) is 0 Å². The summed E-state index contributed by atoms with van der Waals surface area (Å²) in [5, 5.41) is 12.1. The molecule has 2 aromatic heterocycles. The Bertz CT molecular complexity index is 2760. The molecule has 0 N–H and O–H groups in total. The van der Waals surface area contributed by atoms with E-state index in [1.165, 1.54) is 43.5 Å². The number of rotatable bonds is 2. The Labute approximate surface area is 252 Å². The van der Waals surface area contributed by atoms with Crippen LogP contribution < -0.4 is 10.4 Å². The second kappa shape index (κ2) is 8.95. The van der Waals surface area contributed by atoms with Crippen LogP contribution in [-0.4, -0.2) is 0 Å². The van der Waals surface area contributed by atoms with Crippen LogP contribution in [0.1, 0.15) is 12.8 Å². The summed E-state index contributed by atoms with van der Waals surface area (Å²) in [5.41, 5.74) is 8.74. The highest BCUT2D eigenvalue weighted by Crippen LogP contribution is 2.39. The first kappa shape index (κ1) is 23.9. The van der Waals surface area contributed by atoms with E-state index in [0.717, 1.165) is 67.5 Å². The lowest BCUT2D eigenvalue weighted by molar-refractivity contribution is 0.668. The third kappa shape index (κ3) is 3.37. The average Bonchev–Trinajstić information content (AvgIpc) is 3.62. The van der Waals surface area contributed by atoms with Crippen LogP contribution in [0.25, 0.3) is 99.8 Å². The molecule has 2 heteroatoms. The number of fused-ring (bicyclic) bond motifs is 9. The maximum atomic E-state index is 6.47. The van der Waals surface area contributed by atoms with Gasteiger partial charge in [-0.05, 0) is 110 Å². The second-order valence-electron chi connectivity index (χ2n) is 11.9. The van der Waals surface area contributed by atoms with Crippen LogP contribution in [0.3, 0.4) is 0 Å². The van der Waals surface area contributed by atoms with Gasteiger partial charge in [-0.2, -0.15) is 0 Å². The fourth-order valence-electron chi connectivity index (χ4n) is 7.48.